The number of amides is 1. The van der Waals surface area contributed by atoms with Gasteiger partial charge in [-0.2, -0.15) is 10.2 Å². The zero-order valence-corrected chi connectivity index (χ0v) is 9.53. The molecule has 2 rings (SSSR count). The second kappa shape index (κ2) is 4.04. The normalized spacial score (nSPS) is 15.9. The molecule has 0 unspecified atom stereocenters. The largest absolute Gasteiger partial charge is 0.326 e. The second-order valence-electron chi connectivity index (χ2n) is 4.33. The molecule has 84 valence electrons. The average Bonchev–Trinajstić information content (AvgIpc) is 2.95. The van der Waals surface area contributed by atoms with Gasteiger partial charge in [0, 0.05) is 18.5 Å². The summed E-state index contributed by atoms with van der Waals surface area (Å²) in [4.78, 5) is 11.6. The van der Waals surface area contributed by atoms with Crippen LogP contribution in [0.3, 0.4) is 0 Å². The van der Waals surface area contributed by atoms with Crippen LogP contribution in [0.2, 0.25) is 0 Å². The summed E-state index contributed by atoms with van der Waals surface area (Å²) in [5.41, 5.74) is 1.70. The Morgan fingerprint density at radius 3 is 2.81 bits per heavy atom. The third kappa shape index (κ3) is 2.89. The quantitative estimate of drug-likeness (QED) is 0.828. The summed E-state index contributed by atoms with van der Waals surface area (Å²) in [5, 5.41) is 10.6. The molecule has 1 aliphatic heterocycles. The van der Waals surface area contributed by atoms with Crippen LogP contribution in [0.1, 0.15) is 25.3 Å². The first-order valence-electron chi connectivity index (χ1n) is 5.38. The average molecular weight is 217 g/mol. The lowest BCUT2D eigenvalue weighted by Gasteiger charge is -2.06. The van der Waals surface area contributed by atoms with Crippen molar-refractivity contribution in [1.29, 1.82) is 0 Å². The van der Waals surface area contributed by atoms with Gasteiger partial charge in [-0.25, -0.2) is 0 Å². The first kappa shape index (κ1) is 10.8. The van der Waals surface area contributed by atoms with E-state index in [0.717, 1.165) is 11.3 Å². The van der Waals surface area contributed by atoms with Crippen molar-refractivity contribution in [2.24, 2.45) is 10.2 Å². The van der Waals surface area contributed by atoms with E-state index in [1.807, 2.05) is 38.1 Å². The van der Waals surface area contributed by atoms with Crippen LogP contribution in [-0.4, -0.2) is 11.6 Å². The van der Waals surface area contributed by atoms with Gasteiger partial charge in [-0.05, 0) is 31.5 Å². The van der Waals surface area contributed by atoms with Gasteiger partial charge in [0.2, 0.25) is 5.91 Å². The van der Waals surface area contributed by atoms with Crippen LogP contribution in [0.4, 0.5) is 5.69 Å². The van der Waals surface area contributed by atoms with Crippen molar-refractivity contribution in [2.75, 3.05) is 5.32 Å². The van der Waals surface area contributed by atoms with Gasteiger partial charge in [0.25, 0.3) is 0 Å². The van der Waals surface area contributed by atoms with Crippen LogP contribution in [-0.2, 0) is 4.79 Å². The van der Waals surface area contributed by atoms with Gasteiger partial charge in [-0.15, -0.1) is 0 Å². The molecule has 0 radical (unpaired) electrons. The maximum atomic E-state index is 11.6. The standard InChI is InChI=1S/C12H15N3O/c1-9-4-3-5-10(8-9)13-11(16)6-7-12(2)14-15-12/h3-5,8H,6-7H2,1-2H3,(H,13,16). The van der Waals surface area contributed by atoms with E-state index in [-0.39, 0.29) is 11.6 Å². The third-order valence-electron chi connectivity index (χ3n) is 2.57. The predicted molar refractivity (Wildman–Crippen MR) is 62.3 cm³/mol. The Bertz CT molecular complexity index is 434. The van der Waals surface area contributed by atoms with E-state index in [9.17, 15) is 4.79 Å². The molecule has 0 saturated heterocycles. The van der Waals surface area contributed by atoms with Crippen LogP contribution in [0.25, 0.3) is 0 Å². The highest BCUT2D eigenvalue weighted by atomic mass is 16.1. The van der Waals surface area contributed by atoms with Gasteiger partial charge in [0.1, 0.15) is 0 Å². The molecule has 1 aliphatic rings. The summed E-state index contributed by atoms with van der Waals surface area (Å²) in [6.07, 6.45) is 1.14. The molecular weight excluding hydrogens is 202 g/mol. The fourth-order valence-electron chi connectivity index (χ4n) is 1.48. The van der Waals surface area contributed by atoms with Crippen molar-refractivity contribution in [1.82, 2.24) is 0 Å². The molecule has 1 amide bonds. The van der Waals surface area contributed by atoms with Crippen molar-refractivity contribution in [2.45, 2.75) is 32.4 Å². The number of anilines is 1. The number of hydrogen-bond acceptors (Lipinski definition) is 3. The number of carbonyl (C=O) groups excluding carboxylic acids is 1. The Morgan fingerprint density at radius 2 is 2.19 bits per heavy atom. The number of rotatable bonds is 4. The van der Waals surface area contributed by atoms with Crippen molar-refractivity contribution >= 4 is 11.6 Å². The lowest BCUT2D eigenvalue weighted by Crippen LogP contribution is -2.15. The lowest BCUT2D eigenvalue weighted by molar-refractivity contribution is -0.116. The molecule has 0 spiro atoms. The first-order chi connectivity index (χ1) is 7.57. The smallest absolute Gasteiger partial charge is 0.224 e. The summed E-state index contributed by atoms with van der Waals surface area (Å²) in [7, 11) is 0. The zero-order valence-electron chi connectivity index (χ0n) is 9.53. The predicted octanol–water partition coefficient (Wildman–Crippen LogP) is 2.90. The minimum absolute atomic E-state index is 0.0177. The van der Waals surface area contributed by atoms with Gasteiger partial charge in [0.05, 0.1) is 0 Å². The molecule has 0 aromatic heterocycles. The molecule has 0 aliphatic carbocycles. The number of nitrogens with zero attached hydrogens (tertiary/aromatic N) is 2. The Hall–Kier alpha value is -1.71. The Labute approximate surface area is 94.8 Å². The molecule has 1 N–H and O–H groups in total. The van der Waals surface area contributed by atoms with E-state index in [0.29, 0.717) is 12.8 Å². The van der Waals surface area contributed by atoms with E-state index in [4.69, 9.17) is 0 Å². The number of carbonyl (C=O) groups is 1. The molecule has 4 heteroatoms. The Balaban J connectivity index is 1.82. The molecule has 1 aromatic rings. The van der Waals surface area contributed by atoms with Crippen LogP contribution in [0, 0.1) is 6.92 Å². The van der Waals surface area contributed by atoms with Crippen LogP contribution >= 0.6 is 0 Å². The number of aryl methyl sites for hydroxylation is 1. The molecule has 1 aromatic carbocycles. The molecule has 0 fully saturated rings. The SMILES string of the molecule is Cc1cccc(NC(=O)CCC2(C)N=N2)c1. The van der Waals surface area contributed by atoms with Gasteiger partial charge in [-0.1, -0.05) is 12.1 Å². The van der Waals surface area contributed by atoms with Crippen LogP contribution < -0.4 is 5.32 Å². The van der Waals surface area contributed by atoms with Crippen molar-refractivity contribution in [3.05, 3.63) is 29.8 Å². The molecule has 16 heavy (non-hydrogen) atoms. The monoisotopic (exact) mass is 217 g/mol. The summed E-state index contributed by atoms with van der Waals surface area (Å²) in [5.74, 6) is 0.0177. The van der Waals surface area contributed by atoms with Gasteiger partial charge in [-0.3, -0.25) is 4.79 Å². The van der Waals surface area contributed by atoms with Gasteiger partial charge < -0.3 is 5.32 Å². The fourth-order valence-corrected chi connectivity index (χ4v) is 1.48. The summed E-state index contributed by atoms with van der Waals surface area (Å²) in [6, 6.07) is 7.76. The first-order valence-corrected chi connectivity index (χ1v) is 5.38. The maximum absolute atomic E-state index is 11.6. The maximum Gasteiger partial charge on any atom is 0.224 e. The summed E-state index contributed by atoms with van der Waals surface area (Å²) >= 11 is 0. The number of benzene rings is 1. The molecule has 4 nitrogen and oxygen atoms in total. The Morgan fingerprint density at radius 1 is 1.44 bits per heavy atom. The van der Waals surface area contributed by atoms with Crippen LogP contribution in [0.15, 0.2) is 34.5 Å². The van der Waals surface area contributed by atoms with E-state index >= 15 is 0 Å². The second-order valence-corrected chi connectivity index (χ2v) is 4.33. The Kier molecular flexibility index (Phi) is 2.73. The van der Waals surface area contributed by atoms with Crippen molar-refractivity contribution < 1.29 is 4.79 Å². The van der Waals surface area contributed by atoms with Crippen molar-refractivity contribution in [3.8, 4) is 0 Å². The highest BCUT2D eigenvalue weighted by Crippen LogP contribution is 2.31. The highest BCUT2D eigenvalue weighted by Gasteiger charge is 2.33. The molecule has 1 heterocycles. The molecular formula is C12H15N3O. The minimum atomic E-state index is -0.288. The molecule has 0 bridgehead atoms. The summed E-state index contributed by atoms with van der Waals surface area (Å²) in [6.45, 7) is 3.92. The van der Waals surface area contributed by atoms with E-state index in [2.05, 4.69) is 15.5 Å². The minimum Gasteiger partial charge on any atom is -0.326 e. The summed E-state index contributed by atoms with van der Waals surface area (Å²) < 4.78 is 0. The van der Waals surface area contributed by atoms with Gasteiger partial charge in [0.15, 0.2) is 5.66 Å². The highest BCUT2D eigenvalue weighted by molar-refractivity contribution is 5.90. The molecule has 0 saturated carbocycles. The third-order valence-corrected chi connectivity index (χ3v) is 2.57. The number of hydrogen-bond donors (Lipinski definition) is 1. The van der Waals surface area contributed by atoms with Gasteiger partial charge >= 0.3 is 0 Å². The van der Waals surface area contributed by atoms with Crippen molar-refractivity contribution in [3.63, 3.8) is 0 Å². The fraction of sp³-hybridized carbons (Fsp3) is 0.417. The van der Waals surface area contributed by atoms with E-state index in [1.165, 1.54) is 0 Å². The van der Waals surface area contributed by atoms with E-state index in [1.54, 1.807) is 0 Å². The lowest BCUT2D eigenvalue weighted by atomic mass is 10.1. The zero-order chi connectivity index (χ0) is 11.6. The molecule has 0 atom stereocenters. The van der Waals surface area contributed by atoms with E-state index < -0.39 is 0 Å². The topological polar surface area (TPSA) is 53.8 Å². The van der Waals surface area contributed by atoms with Crippen LogP contribution in [0.5, 0.6) is 0 Å². The number of nitrogens with one attached hydrogen (secondary N) is 1.